The maximum absolute atomic E-state index is 11.2. The molecule has 0 spiro atoms. The molecule has 0 aliphatic carbocycles. The molecule has 3 aromatic rings. The molecule has 0 atom stereocenters. The highest BCUT2D eigenvalue weighted by Crippen LogP contribution is 2.23. The second kappa shape index (κ2) is 10.9. The Labute approximate surface area is 201 Å². The van der Waals surface area contributed by atoms with E-state index >= 15 is 0 Å². The van der Waals surface area contributed by atoms with Crippen LogP contribution >= 0.6 is 0 Å². The Balaban J connectivity index is 1.47. The molecule has 1 aliphatic heterocycles. The molecule has 1 saturated heterocycles. The third kappa shape index (κ3) is 5.95. The van der Waals surface area contributed by atoms with Crippen molar-refractivity contribution in [1.29, 1.82) is 0 Å². The van der Waals surface area contributed by atoms with Crippen molar-refractivity contribution in [3.63, 3.8) is 0 Å². The number of anilines is 2. The molecule has 1 heterocycles. The number of nitrogens with zero attached hydrogens (tertiary/aromatic N) is 3. The van der Waals surface area contributed by atoms with Crippen molar-refractivity contribution in [2.75, 3.05) is 42.9 Å². The molecule has 1 fully saturated rings. The highest BCUT2D eigenvalue weighted by Gasteiger charge is 2.21. The minimum atomic E-state index is -0.925. The average Bonchev–Trinajstić information content (AvgIpc) is 2.86. The Morgan fingerprint density at radius 3 is 2.32 bits per heavy atom. The predicted octanol–water partition coefficient (Wildman–Crippen LogP) is 4.83. The van der Waals surface area contributed by atoms with Crippen LogP contribution in [0.1, 0.15) is 27.0 Å². The Morgan fingerprint density at radius 1 is 0.941 bits per heavy atom. The van der Waals surface area contributed by atoms with E-state index < -0.39 is 5.97 Å². The van der Waals surface area contributed by atoms with Gasteiger partial charge in [-0.1, -0.05) is 42.5 Å². The summed E-state index contributed by atoms with van der Waals surface area (Å²) in [5, 5.41) is 12.6. The van der Waals surface area contributed by atoms with Gasteiger partial charge in [0.2, 0.25) is 0 Å². The summed E-state index contributed by atoms with van der Waals surface area (Å²) in [5.41, 5.74) is 6.25. The van der Waals surface area contributed by atoms with Crippen molar-refractivity contribution < 1.29 is 9.90 Å². The van der Waals surface area contributed by atoms with Crippen molar-refractivity contribution >= 4 is 23.3 Å². The molecule has 0 bridgehead atoms. The van der Waals surface area contributed by atoms with Gasteiger partial charge in [0, 0.05) is 44.1 Å². The molecule has 34 heavy (non-hydrogen) atoms. The minimum absolute atomic E-state index is 0.273. The fourth-order valence-electron chi connectivity index (χ4n) is 4.20. The third-order valence-electron chi connectivity index (χ3n) is 6.18. The zero-order chi connectivity index (χ0) is 23.9. The van der Waals surface area contributed by atoms with Gasteiger partial charge in [0.25, 0.3) is 0 Å². The lowest BCUT2D eigenvalue weighted by Gasteiger charge is -2.38. The standard InChI is InChI=1S/C28H32N4O2/c1-21-8-9-22(2)26(20-21)31-16-18-32(19-17-31)28(29-15-14-23-6-4-3-5-7-23)30-25-12-10-24(11-13-25)27(33)34/h3-13,20H,14-19H2,1-2H3,(H,29,30)(H,33,34). The fraction of sp³-hybridized carbons (Fsp3) is 0.286. The van der Waals surface area contributed by atoms with E-state index in [-0.39, 0.29) is 5.56 Å². The Kier molecular flexibility index (Phi) is 7.48. The Morgan fingerprint density at radius 2 is 1.65 bits per heavy atom. The molecule has 3 aromatic carbocycles. The quantitative estimate of drug-likeness (QED) is 0.411. The monoisotopic (exact) mass is 456 g/mol. The van der Waals surface area contributed by atoms with Crippen LogP contribution in [0.5, 0.6) is 0 Å². The van der Waals surface area contributed by atoms with E-state index in [2.05, 4.69) is 71.4 Å². The lowest BCUT2D eigenvalue weighted by Crippen LogP contribution is -2.51. The molecule has 176 valence electrons. The minimum Gasteiger partial charge on any atom is -0.478 e. The third-order valence-corrected chi connectivity index (χ3v) is 6.18. The van der Waals surface area contributed by atoms with Gasteiger partial charge in [-0.15, -0.1) is 0 Å². The first-order chi connectivity index (χ1) is 16.5. The highest BCUT2D eigenvalue weighted by atomic mass is 16.4. The van der Waals surface area contributed by atoms with E-state index in [0.717, 1.165) is 44.2 Å². The van der Waals surface area contributed by atoms with Crippen molar-refractivity contribution in [1.82, 2.24) is 4.90 Å². The first-order valence-electron chi connectivity index (χ1n) is 11.8. The number of aliphatic imine (C=N–C) groups is 1. The van der Waals surface area contributed by atoms with E-state index in [1.807, 2.05) is 6.07 Å². The van der Waals surface area contributed by atoms with Crippen LogP contribution in [0.3, 0.4) is 0 Å². The summed E-state index contributed by atoms with van der Waals surface area (Å²) in [5.74, 6) is -0.0921. The first kappa shape index (κ1) is 23.4. The number of piperazine rings is 1. The van der Waals surface area contributed by atoms with Gasteiger partial charge in [0.15, 0.2) is 5.96 Å². The molecule has 0 saturated carbocycles. The molecule has 6 heteroatoms. The number of carbonyl (C=O) groups is 1. The van der Waals surface area contributed by atoms with E-state index in [4.69, 9.17) is 4.99 Å². The van der Waals surface area contributed by atoms with Crippen LogP contribution in [0.2, 0.25) is 0 Å². The van der Waals surface area contributed by atoms with Gasteiger partial charge >= 0.3 is 5.97 Å². The lowest BCUT2D eigenvalue weighted by atomic mass is 10.1. The summed E-state index contributed by atoms with van der Waals surface area (Å²) in [6.45, 7) is 8.53. The summed E-state index contributed by atoms with van der Waals surface area (Å²) in [7, 11) is 0. The van der Waals surface area contributed by atoms with Crippen LogP contribution in [0.25, 0.3) is 0 Å². The van der Waals surface area contributed by atoms with Gasteiger partial charge in [0.05, 0.1) is 5.56 Å². The van der Waals surface area contributed by atoms with Gasteiger partial charge in [-0.05, 0) is 67.3 Å². The molecule has 0 radical (unpaired) electrons. The number of guanidine groups is 1. The Bertz CT molecular complexity index is 1130. The maximum atomic E-state index is 11.2. The highest BCUT2D eigenvalue weighted by molar-refractivity contribution is 5.95. The van der Waals surface area contributed by atoms with E-state index in [0.29, 0.717) is 6.54 Å². The molecule has 0 amide bonds. The molecular weight excluding hydrogens is 424 g/mol. The smallest absolute Gasteiger partial charge is 0.335 e. The summed E-state index contributed by atoms with van der Waals surface area (Å²) < 4.78 is 0. The fourth-order valence-corrected chi connectivity index (χ4v) is 4.20. The largest absolute Gasteiger partial charge is 0.478 e. The number of rotatable bonds is 6. The van der Waals surface area contributed by atoms with Gasteiger partial charge in [-0.25, -0.2) is 4.79 Å². The Hall–Kier alpha value is -3.80. The second-order valence-electron chi connectivity index (χ2n) is 8.71. The zero-order valence-corrected chi connectivity index (χ0v) is 19.9. The summed E-state index contributed by atoms with van der Waals surface area (Å²) in [6.07, 6.45) is 0.867. The second-order valence-corrected chi connectivity index (χ2v) is 8.71. The number of carboxylic acids is 1. The number of benzene rings is 3. The number of hydrogen-bond donors (Lipinski definition) is 2. The van der Waals surface area contributed by atoms with Gasteiger partial charge in [-0.2, -0.15) is 0 Å². The average molecular weight is 457 g/mol. The number of aryl methyl sites for hydroxylation is 2. The predicted molar refractivity (Wildman–Crippen MR) is 139 cm³/mol. The maximum Gasteiger partial charge on any atom is 0.335 e. The first-order valence-corrected chi connectivity index (χ1v) is 11.8. The van der Waals surface area contributed by atoms with Gasteiger partial charge in [0.1, 0.15) is 0 Å². The van der Waals surface area contributed by atoms with E-state index in [1.54, 1.807) is 24.3 Å². The van der Waals surface area contributed by atoms with Gasteiger partial charge in [-0.3, -0.25) is 4.99 Å². The molecular formula is C28H32N4O2. The van der Waals surface area contributed by atoms with Crippen molar-refractivity contribution in [3.8, 4) is 0 Å². The zero-order valence-electron chi connectivity index (χ0n) is 19.9. The molecule has 0 aromatic heterocycles. The van der Waals surface area contributed by atoms with Crippen LogP contribution in [0, 0.1) is 13.8 Å². The van der Waals surface area contributed by atoms with Crippen molar-refractivity contribution in [2.45, 2.75) is 20.3 Å². The van der Waals surface area contributed by atoms with Gasteiger partial charge < -0.3 is 20.2 Å². The summed E-state index contributed by atoms with van der Waals surface area (Å²) in [6, 6.07) is 23.8. The number of aromatic carboxylic acids is 1. The number of nitrogens with one attached hydrogen (secondary N) is 1. The molecule has 0 unspecified atom stereocenters. The van der Waals surface area contributed by atoms with Crippen molar-refractivity contribution in [3.05, 3.63) is 95.1 Å². The SMILES string of the molecule is Cc1ccc(C)c(N2CCN(C(=NCCc3ccccc3)Nc3ccc(C(=O)O)cc3)CC2)c1. The van der Waals surface area contributed by atoms with Crippen LogP contribution in [-0.2, 0) is 6.42 Å². The number of hydrogen-bond acceptors (Lipinski definition) is 3. The summed E-state index contributed by atoms with van der Waals surface area (Å²) in [4.78, 5) is 20.9. The van der Waals surface area contributed by atoms with Crippen molar-refractivity contribution in [2.24, 2.45) is 4.99 Å². The van der Waals surface area contributed by atoms with E-state index in [9.17, 15) is 9.90 Å². The van der Waals surface area contributed by atoms with E-state index in [1.165, 1.54) is 22.4 Å². The van der Waals surface area contributed by atoms with Crippen LogP contribution in [0.4, 0.5) is 11.4 Å². The van der Waals surface area contributed by atoms with Crippen LogP contribution in [-0.4, -0.2) is 54.7 Å². The molecule has 1 aliphatic rings. The molecule has 2 N–H and O–H groups in total. The normalized spacial score (nSPS) is 14.2. The van der Waals surface area contributed by atoms with Crippen LogP contribution in [0.15, 0.2) is 77.8 Å². The molecule has 4 rings (SSSR count). The molecule has 6 nitrogen and oxygen atoms in total. The number of carboxylic acid groups (broad SMARTS) is 1. The summed E-state index contributed by atoms with van der Waals surface area (Å²) >= 11 is 0. The lowest BCUT2D eigenvalue weighted by molar-refractivity contribution is 0.0697. The van der Waals surface area contributed by atoms with Crippen LogP contribution < -0.4 is 10.2 Å². The topological polar surface area (TPSA) is 68.2 Å².